The molecule has 6 heterocycles. The van der Waals surface area contributed by atoms with Gasteiger partial charge in [-0.05, 0) is 37.9 Å². The number of halogens is 3. The minimum Gasteiger partial charge on any atom is -0.346 e. The highest BCUT2D eigenvalue weighted by Gasteiger charge is 2.47. The van der Waals surface area contributed by atoms with Gasteiger partial charge in [-0.25, -0.2) is 19.9 Å². The molecule has 6 rings (SSSR count). The van der Waals surface area contributed by atoms with Gasteiger partial charge < -0.3 is 15.6 Å². The van der Waals surface area contributed by atoms with Crippen LogP contribution >= 0.6 is 0 Å². The average molecular weight is 541 g/mol. The van der Waals surface area contributed by atoms with E-state index >= 15 is 0 Å². The third-order valence-corrected chi connectivity index (χ3v) is 7.70. The molecule has 0 atom stereocenters. The number of piperidine rings is 1. The first-order chi connectivity index (χ1) is 18.8. The first kappa shape index (κ1) is 25.4. The van der Waals surface area contributed by atoms with Crippen LogP contribution < -0.4 is 5.73 Å². The van der Waals surface area contributed by atoms with Crippen molar-refractivity contribution in [3.05, 3.63) is 54.8 Å². The van der Waals surface area contributed by atoms with Crippen LogP contribution in [-0.4, -0.2) is 89.2 Å². The third kappa shape index (κ3) is 4.63. The normalized spacial score (nSPS) is 18.4. The number of nitrogens with zero attached hydrogens (tertiary/aromatic N) is 8. The number of rotatable bonds is 6. The molecule has 204 valence electrons. The molecule has 1 amide bonds. The van der Waals surface area contributed by atoms with Crippen LogP contribution in [0.5, 0.6) is 0 Å². The van der Waals surface area contributed by atoms with Crippen LogP contribution in [0.2, 0.25) is 0 Å². The van der Waals surface area contributed by atoms with E-state index in [0.717, 1.165) is 60.8 Å². The van der Waals surface area contributed by atoms with E-state index < -0.39 is 17.9 Å². The number of nitrogens with one attached hydrogen (secondary N) is 1. The Morgan fingerprint density at radius 1 is 1.15 bits per heavy atom. The van der Waals surface area contributed by atoms with Crippen LogP contribution in [0.15, 0.2) is 43.2 Å². The van der Waals surface area contributed by atoms with E-state index in [1.165, 1.54) is 12.4 Å². The fourth-order valence-corrected chi connectivity index (χ4v) is 5.67. The Morgan fingerprint density at radius 3 is 2.69 bits per heavy atom. The molecule has 0 aromatic carbocycles. The second kappa shape index (κ2) is 9.68. The summed E-state index contributed by atoms with van der Waals surface area (Å²) in [5, 5.41) is 5.62. The molecule has 0 bridgehead atoms. The second-order valence-corrected chi connectivity index (χ2v) is 10.1. The summed E-state index contributed by atoms with van der Waals surface area (Å²) in [6.07, 6.45) is 5.67. The molecule has 11 nitrogen and oxygen atoms in total. The van der Waals surface area contributed by atoms with Gasteiger partial charge in [0.1, 0.15) is 17.7 Å². The monoisotopic (exact) mass is 540 g/mol. The van der Waals surface area contributed by atoms with E-state index in [1.54, 1.807) is 4.90 Å². The van der Waals surface area contributed by atoms with Gasteiger partial charge >= 0.3 is 6.18 Å². The lowest BCUT2D eigenvalue weighted by Crippen LogP contribution is -2.67. The van der Waals surface area contributed by atoms with Gasteiger partial charge in [-0.15, -0.1) is 0 Å². The number of carbonyl (C=O) groups is 1. The first-order valence-corrected chi connectivity index (χ1v) is 12.7. The maximum Gasteiger partial charge on any atom is 0.451 e. The van der Waals surface area contributed by atoms with Crippen molar-refractivity contribution < 1.29 is 18.0 Å². The molecular formula is C25H27F3N10O. The molecule has 2 aliphatic heterocycles. The molecule has 0 spiro atoms. The summed E-state index contributed by atoms with van der Waals surface area (Å²) in [7, 11) is 0. The van der Waals surface area contributed by atoms with Crippen LogP contribution in [0.3, 0.4) is 0 Å². The summed E-state index contributed by atoms with van der Waals surface area (Å²) in [4.78, 5) is 35.3. The Morgan fingerprint density at radius 2 is 1.95 bits per heavy atom. The number of fused-ring (bicyclic) bond motifs is 1. The summed E-state index contributed by atoms with van der Waals surface area (Å²) in [6, 6.07) is 3.42. The molecule has 14 heteroatoms. The molecule has 4 aromatic heterocycles. The van der Waals surface area contributed by atoms with Crippen LogP contribution in [0.25, 0.3) is 22.3 Å². The van der Waals surface area contributed by atoms with Crippen molar-refractivity contribution >= 4 is 16.9 Å². The lowest BCUT2D eigenvalue weighted by Gasteiger charge is -2.54. The number of aromatic amines is 1. The van der Waals surface area contributed by atoms with E-state index in [4.69, 9.17) is 5.73 Å². The minimum absolute atomic E-state index is 0.237. The second-order valence-electron chi connectivity index (χ2n) is 10.1. The Balaban J connectivity index is 1.10. The number of amides is 1. The Bertz CT molecular complexity index is 1480. The largest absolute Gasteiger partial charge is 0.451 e. The third-order valence-electron chi connectivity index (χ3n) is 7.70. The van der Waals surface area contributed by atoms with Gasteiger partial charge in [0.05, 0.1) is 17.4 Å². The summed E-state index contributed by atoms with van der Waals surface area (Å²) >= 11 is 0. The number of aromatic nitrogens is 7. The molecule has 4 aromatic rings. The lowest BCUT2D eigenvalue weighted by atomic mass is 9.83. The van der Waals surface area contributed by atoms with Crippen molar-refractivity contribution in [2.75, 3.05) is 32.7 Å². The molecule has 0 aliphatic carbocycles. The van der Waals surface area contributed by atoms with E-state index in [2.05, 4.69) is 34.9 Å². The topological polar surface area (TPSA) is 135 Å². The van der Waals surface area contributed by atoms with E-state index in [0.29, 0.717) is 19.6 Å². The highest BCUT2D eigenvalue weighted by molar-refractivity contribution is 5.92. The number of likely N-dealkylation sites (tertiary alicyclic amines) is 2. The van der Waals surface area contributed by atoms with Crippen molar-refractivity contribution in [1.82, 2.24) is 44.5 Å². The van der Waals surface area contributed by atoms with Gasteiger partial charge in [0.15, 0.2) is 0 Å². The smallest absolute Gasteiger partial charge is 0.346 e. The van der Waals surface area contributed by atoms with Gasteiger partial charge in [-0.2, -0.15) is 18.3 Å². The molecule has 2 fully saturated rings. The Labute approximate surface area is 221 Å². The zero-order valence-electron chi connectivity index (χ0n) is 21.0. The number of nitrogens with two attached hydrogens (primary N) is 1. The maximum absolute atomic E-state index is 13.0. The maximum atomic E-state index is 13.0. The van der Waals surface area contributed by atoms with Crippen molar-refractivity contribution in [2.24, 2.45) is 5.73 Å². The summed E-state index contributed by atoms with van der Waals surface area (Å²) < 4.78 is 40.9. The highest BCUT2D eigenvalue weighted by Crippen LogP contribution is 2.37. The van der Waals surface area contributed by atoms with Crippen LogP contribution in [0.4, 0.5) is 13.2 Å². The van der Waals surface area contributed by atoms with Crippen molar-refractivity contribution in [3.63, 3.8) is 0 Å². The fraction of sp³-hybridized carbons (Fsp3) is 0.440. The SMILES string of the molecule is NCCC1(n2cc(-c3ncnc4[nH]ccc34)cn2)CN(C2CCN(C(=O)c3ccnc(C(F)(F)F)n3)CC2)C1. The lowest BCUT2D eigenvalue weighted by molar-refractivity contribution is -0.145. The molecule has 0 unspecified atom stereocenters. The molecule has 2 saturated heterocycles. The molecular weight excluding hydrogens is 513 g/mol. The Hall–Kier alpha value is -3.91. The predicted octanol–water partition coefficient (Wildman–Crippen LogP) is 2.29. The standard InChI is InChI=1S/C25H27F3N10O/c26-25(27,28)23-31-8-2-19(35-23)22(39)36-9-3-17(4-10-36)37-13-24(14-37,5-6-29)38-12-16(11-34-38)20-18-1-7-30-21(18)33-15-32-20/h1-2,7-8,11-12,15,17H,3-6,9-10,13-14,29H2,(H,30,32,33). The minimum atomic E-state index is -4.70. The number of alkyl halides is 3. The Kier molecular flexibility index (Phi) is 6.30. The van der Waals surface area contributed by atoms with Crippen LogP contribution in [0, 0.1) is 0 Å². The van der Waals surface area contributed by atoms with Crippen LogP contribution in [-0.2, 0) is 11.7 Å². The van der Waals surface area contributed by atoms with Gasteiger partial charge in [0.2, 0.25) is 5.82 Å². The average Bonchev–Trinajstić information content (AvgIpc) is 3.60. The molecule has 0 saturated carbocycles. The zero-order valence-corrected chi connectivity index (χ0v) is 21.0. The van der Waals surface area contributed by atoms with Crippen LogP contribution in [0.1, 0.15) is 35.6 Å². The molecule has 39 heavy (non-hydrogen) atoms. The summed E-state index contributed by atoms with van der Waals surface area (Å²) in [5.74, 6) is -1.81. The van der Waals surface area contributed by atoms with Gasteiger partial charge in [0.25, 0.3) is 5.91 Å². The quantitative estimate of drug-likeness (QED) is 0.381. The number of hydrogen-bond donors (Lipinski definition) is 2. The van der Waals surface area contributed by atoms with Crippen molar-refractivity contribution in [1.29, 1.82) is 0 Å². The van der Waals surface area contributed by atoms with E-state index in [1.807, 2.05) is 29.3 Å². The highest BCUT2D eigenvalue weighted by atomic mass is 19.4. The molecule has 2 aliphatic rings. The van der Waals surface area contributed by atoms with Gasteiger partial charge in [0, 0.05) is 61.8 Å². The molecule has 3 N–H and O–H groups in total. The zero-order chi connectivity index (χ0) is 27.2. The van der Waals surface area contributed by atoms with E-state index in [9.17, 15) is 18.0 Å². The number of carbonyl (C=O) groups excluding carboxylic acids is 1. The van der Waals surface area contributed by atoms with Crippen molar-refractivity contribution in [2.45, 2.75) is 37.0 Å². The number of H-pyrrole nitrogens is 1. The summed E-state index contributed by atoms with van der Waals surface area (Å²) in [5.41, 5.74) is 8.01. The van der Waals surface area contributed by atoms with Gasteiger partial charge in [-0.3, -0.25) is 14.4 Å². The first-order valence-electron chi connectivity index (χ1n) is 12.7. The van der Waals surface area contributed by atoms with Crippen molar-refractivity contribution in [3.8, 4) is 11.3 Å². The fourth-order valence-electron chi connectivity index (χ4n) is 5.67. The number of hydrogen-bond acceptors (Lipinski definition) is 8. The predicted molar refractivity (Wildman–Crippen MR) is 134 cm³/mol. The van der Waals surface area contributed by atoms with Gasteiger partial charge in [-0.1, -0.05) is 0 Å². The summed E-state index contributed by atoms with van der Waals surface area (Å²) in [6.45, 7) is 2.95. The molecule has 0 radical (unpaired) electrons. The van der Waals surface area contributed by atoms with E-state index in [-0.39, 0.29) is 17.3 Å².